The second kappa shape index (κ2) is 5.94. The fraction of sp³-hybridized carbons (Fsp3) is 0.500. The Kier molecular flexibility index (Phi) is 4.83. The van der Waals surface area contributed by atoms with E-state index in [0.29, 0.717) is 0 Å². The molecule has 0 fully saturated rings. The van der Waals surface area contributed by atoms with E-state index in [0.717, 1.165) is 23.2 Å². The molecule has 1 aromatic rings. The molecule has 0 aliphatic heterocycles. The van der Waals surface area contributed by atoms with Gasteiger partial charge in [-0.1, -0.05) is 0 Å². The van der Waals surface area contributed by atoms with Crippen LogP contribution < -0.4 is 10.6 Å². The second-order valence-electron chi connectivity index (χ2n) is 3.50. The first-order valence-electron chi connectivity index (χ1n) is 5.11. The molecular weight excluding hydrogens is 257 g/mol. The molecule has 1 aromatic heterocycles. The Morgan fingerprint density at radius 2 is 2.00 bits per heavy atom. The molecule has 0 aliphatic rings. The van der Waals surface area contributed by atoms with E-state index in [1.165, 1.54) is 0 Å². The van der Waals surface area contributed by atoms with Gasteiger partial charge in [0, 0.05) is 19.3 Å². The third kappa shape index (κ3) is 3.80. The number of nitrogens with two attached hydrogens (primary N) is 1. The number of nitrogens with zero attached hydrogens (tertiary/aromatic N) is 2. The van der Waals surface area contributed by atoms with Crippen LogP contribution in [0, 0.1) is 0 Å². The summed E-state index contributed by atoms with van der Waals surface area (Å²) in [4.78, 5) is 4.37. The molecule has 0 aliphatic carbocycles. The number of aromatic nitrogens is 1. The average molecular weight is 269 g/mol. The van der Waals surface area contributed by atoms with E-state index in [2.05, 4.69) is 4.98 Å². The number of rotatable bonds is 5. The molecule has 0 saturated carbocycles. The standard InChI is InChI=1S/C10H12F5N3/c11-8(12)6-18(5-3-16)9-7(10(13,14)15)2-1-4-17-9/h1-2,4,8H,3,5-6,16H2. The number of hydrogen-bond donors (Lipinski definition) is 1. The van der Waals surface area contributed by atoms with Crippen LogP contribution in [0.3, 0.4) is 0 Å². The monoisotopic (exact) mass is 269 g/mol. The number of pyridine rings is 1. The van der Waals surface area contributed by atoms with Crippen LogP contribution >= 0.6 is 0 Å². The van der Waals surface area contributed by atoms with E-state index < -0.39 is 30.5 Å². The van der Waals surface area contributed by atoms with Crippen molar-refractivity contribution < 1.29 is 22.0 Å². The van der Waals surface area contributed by atoms with Crippen LogP contribution in [0.15, 0.2) is 18.3 Å². The lowest BCUT2D eigenvalue weighted by molar-refractivity contribution is -0.137. The van der Waals surface area contributed by atoms with Crippen molar-refractivity contribution in [2.75, 3.05) is 24.5 Å². The van der Waals surface area contributed by atoms with Gasteiger partial charge in [0.05, 0.1) is 12.1 Å². The third-order valence-corrected chi connectivity index (χ3v) is 2.15. The average Bonchev–Trinajstić information content (AvgIpc) is 2.27. The van der Waals surface area contributed by atoms with Crippen LogP contribution in [0.2, 0.25) is 0 Å². The number of alkyl halides is 5. The van der Waals surface area contributed by atoms with Gasteiger partial charge in [0.1, 0.15) is 5.82 Å². The molecule has 3 nitrogen and oxygen atoms in total. The van der Waals surface area contributed by atoms with Crippen molar-refractivity contribution in [2.45, 2.75) is 12.6 Å². The van der Waals surface area contributed by atoms with Crippen LogP contribution in [-0.2, 0) is 6.18 Å². The molecule has 18 heavy (non-hydrogen) atoms. The number of hydrogen-bond acceptors (Lipinski definition) is 3. The van der Waals surface area contributed by atoms with Crippen molar-refractivity contribution in [1.82, 2.24) is 4.98 Å². The van der Waals surface area contributed by atoms with Crippen LogP contribution in [-0.4, -0.2) is 31.0 Å². The van der Waals surface area contributed by atoms with Crippen molar-refractivity contribution >= 4 is 5.82 Å². The molecule has 0 amide bonds. The Bertz CT molecular complexity index is 380. The van der Waals surface area contributed by atoms with Gasteiger partial charge >= 0.3 is 6.18 Å². The van der Waals surface area contributed by atoms with E-state index >= 15 is 0 Å². The summed E-state index contributed by atoms with van der Waals surface area (Å²) in [5, 5.41) is 0. The highest BCUT2D eigenvalue weighted by atomic mass is 19.4. The first kappa shape index (κ1) is 14.6. The minimum Gasteiger partial charge on any atom is -0.349 e. The molecule has 0 aromatic carbocycles. The summed E-state index contributed by atoms with van der Waals surface area (Å²) < 4.78 is 62.8. The minimum absolute atomic E-state index is 0.0411. The number of anilines is 1. The van der Waals surface area contributed by atoms with Gasteiger partial charge in [0.25, 0.3) is 6.43 Å². The molecule has 1 heterocycles. The molecule has 2 N–H and O–H groups in total. The van der Waals surface area contributed by atoms with E-state index in [4.69, 9.17) is 5.73 Å². The van der Waals surface area contributed by atoms with E-state index in [-0.39, 0.29) is 13.1 Å². The Morgan fingerprint density at radius 3 is 2.50 bits per heavy atom. The maximum Gasteiger partial charge on any atom is 0.419 e. The first-order valence-corrected chi connectivity index (χ1v) is 5.11. The summed E-state index contributed by atoms with van der Waals surface area (Å²) >= 11 is 0. The molecule has 0 radical (unpaired) electrons. The Morgan fingerprint density at radius 1 is 1.33 bits per heavy atom. The highest BCUT2D eigenvalue weighted by molar-refractivity contribution is 5.48. The van der Waals surface area contributed by atoms with Crippen LogP contribution in [0.5, 0.6) is 0 Å². The van der Waals surface area contributed by atoms with Gasteiger partial charge in [-0.3, -0.25) is 0 Å². The summed E-state index contributed by atoms with van der Waals surface area (Å²) in [6.45, 7) is -0.998. The van der Waals surface area contributed by atoms with Gasteiger partial charge in [-0.05, 0) is 12.1 Å². The molecule has 102 valence electrons. The van der Waals surface area contributed by atoms with Crippen molar-refractivity contribution in [2.24, 2.45) is 5.73 Å². The van der Waals surface area contributed by atoms with Crippen molar-refractivity contribution in [3.8, 4) is 0 Å². The SMILES string of the molecule is NCCN(CC(F)F)c1ncccc1C(F)(F)F. The smallest absolute Gasteiger partial charge is 0.349 e. The quantitative estimate of drug-likeness (QED) is 0.833. The summed E-state index contributed by atoms with van der Waals surface area (Å²) in [6, 6.07) is 1.91. The molecule has 0 saturated heterocycles. The maximum atomic E-state index is 12.7. The number of halogens is 5. The molecule has 8 heteroatoms. The summed E-state index contributed by atoms with van der Waals surface area (Å²) in [6.07, 6.45) is -6.28. The first-order chi connectivity index (χ1) is 8.36. The zero-order valence-corrected chi connectivity index (χ0v) is 9.29. The normalized spacial score (nSPS) is 11.9. The van der Waals surface area contributed by atoms with Gasteiger partial charge in [-0.25, -0.2) is 13.8 Å². The zero-order valence-electron chi connectivity index (χ0n) is 9.29. The van der Waals surface area contributed by atoms with E-state index in [1.807, 2.05) is 0 Å². The highest BCUT2D eigenvalue weighted by Gasteiger charge is 2.35. The largest absolute Gasteiger partial charge is 0.419 e. The van der Waals surface area contributed by atoms with Gasteiger partial charge in [0.2, 0.25) is 0 Å². The molecule has 1 rings (SSSR count). The predicted octanol–water partition coefficient (Wildman–Crippen LogP) is 2.13. The second-order valence-corrected chi connectivity index (χ2v) is 3.50. The van der Waals surface area contributed by atoms with Gasteiger partial charge < -0.3 is 10.6 Å². The van der Waals surface area contributed by atoms with Crippen molar-refractivity contribution in [1.29, 1.82) is 0 Å². The van der Waals surface area contributed by atoms with Gasteiger partial charge in [-0.15, -0.1) is 0 Å². The topological polar surface area (TPSA) is 42.1 Å². The minimum atomic E-state index is -4.64. The maximum absolute atomic E-state index is 12.7. The van der Waals surface area contributed by atoms with Gasteiger partial charge in [-0.2, -0.15) is 13.2 Å². The molecule has 0 unspecified atom stereocenters. The molecule has 0 spiro atoms. The lowest BCUT2D eigenvalue weighted by Crippen LogP contribution is -2.35. The zero-order chi connectivity index (χ0) is 13.8. The van der Waals surface area contributed by atoms with Crippen molar-refractivity contribution in [3.63, 3.8) is 0 Å². The van der Waals surface area contributed by atoms with Crippen LogP contribution in [0.25, 0.3) is 0 Å². The lowest BCUT2D eigenvalue weighted by atomic mass is 10.2. The van der Waals surface area contributed by atoms with Gasteiger partial charge in [0.15, 0.2) is 0 Å². The van der Waals surface area contributed by atoms with Crippen LogP contribution in [0.4, 0.5) is 27.8 Å². The fourth-order valence-electron chi connectivity index (χ4n) is 1.48. The Balaban J connectivity index is 3.11. The highest BCUT2D eigenvalue weighted by Crippen LogP contribution is 2.35. The third-order valence-electron chi connectivity index (χ3n) is 2.15. The summed E-state index contributed by atoms with van der Waals surface area (Å²) in [5.74, 6) is -0.518. The predicted molar refractivity (Wildman–Crippen MR) is 56.5 cm³/mol. The fourth-order valence-corrected chi connectivity index (χ4v) is 1.48. The summed E-state index contributed by atoms with van der Waals surface area (Å²) in [5.41, 5.74) is 4.16. The van der Waals surface area contributed by atoms with Crippen LogP contribution in [0.1, 0.15) is 5.56 Å². The summed E-state index contributed by atoms with van der Waals surface area (Å²) in [7, 11) is 0. The molecular formula is C10H12F5N3. The Hall–Kier alpha value is -1.44. The van der Waals surface area contributed by atoms with E-state index in [9.17, 15) is 22.0 Å². The lowest BCUT2D eigenvalue weighted by Gasteiger charge is -2.25. The molecule has 0 atom stereocenters. The Labute approximate surface area is 100 Å². The van der Waals surface area contributed by atoms with Crippen molar-refractivity contribution in [3.05, 3.63) is 23.9 Å². The molecule has 0 bridgehead atoms. The van der Waals surface area contributed by atoms with E-state index in [1.54, 1.807) is 0 Å².